The Bertz CT molecular complexity index is 1050. The molecule has 0 spiro atoms. The van der Waals surface area contributed by atoms with E-state index >= 15 is 0 Å². The van der Waals surface area contributed by atoms with Gasteiger partial charge in [0.2, 0.25) is 0 Å². The second-order valence-corrected chi connectivity index (χ2v) is 8.30. The van der Waals surface area contributed by atoms with Crippen molar-refractivity contribution in [2.24, 2.45) is 0 Å². The highest BCUT2D eigenvalue weighted by atomic mass is 16.5. The van der Waals surface area contributed by atoms with Crippen LogP contribution in [0.1, 0.15) is 29.9 Å². The van der Waals surface area contributed by atoms with Gasteiger partial charge in [-0.2, -0.15) is 0 Å². The number of carbonyl (C=O) groups excluding carboxylic acids is 1. The standard InChI is InChI=1S/C25H33N3O3/c1-8-30-25(29)24-18(3)28(20-11-9-19(10-12-20)27(6)7)23-14-13-21(15-22(23)24)31-17(2)16-26(4)5/h9-15,17H,8,16H2,1-7H3. The summed E-state index contributed by atoms with van der Waals surface area (Å²) in [5, 5.41) is 0.835. The molecule has 0 N–H and O–H groups in total. The van der Waals surface area contributed by atoms with Crippen LogP contribution in [0.2, 0.25) is 0 Å². The van der Waals surface area contributed by atoms with E-state index < -0.39 is 0 Å². The second kappa shape index (κ2) is 9.43. The number of aromatic nitrogens is 1. The number of ether oxygens (including phenoxy) is 2. The fourth-order valence-corrected chi connectivity index (χ4v) is 3.95. The van der Waals surface area contributed by atoms with Gasteiger partial charge in [0.05, 0.1) is 17.7 Å². The van der Waals surface area contributed by atoms with Crippen LogP contribution in [-0.2, 0) is 4.74 Å². The Morgan fingerprint density at radius 1 is 1.06 bits per heavy atom. The summed E-state index contributed by atoms with van der Waals surface area (Å²) in [6, 6.07) is 14.2. The third-order valence-electron chi connectivity index (χ3n) is 5.24. The summed E-state index contributed by atoms with van der Waals surface area (Å²) in [6.07, 6.45) is 0.0280. The number of fused-ring (bicyclic) bond motifs is 1. The molecule has 3 aromatic rings. The maximum Gasteiger partial charge on any atom is 0.340 e. The SMILES string of the molecule is CCOC(=O)c1c(C)n(-c2ccc(N(C)C)cc2)c2ccc(OC(C)CN(C)C)cc12. The summed E-state index contributed by atoms with van der Waals surface area (Å²) in [6.45, 7) is 6.96. The summed E-state index contributed by atoms with van der Waals surface area (Å²) >= 11 is 0. The minimum atomic E-state index is -0.313. The molecule has 1 heterocycles. The Kier molecular flexibility index (Phi) is 6.91. The van der Waals surface area contributed by atoms with Gasteiger partial charge in [-0.05, 0) is 77.3 Å². The molecule has 3 rings (SSSR count). The number of benzene rings is 2. The van der Waals surface area contributed by atoms with Gasteiger partial charge in [-0.15, -0.1) is 0 Å². The lowest BCUT2D eigenvalue weighted by molar-refractivity contribution is 0.0527. The van der Waals surface area contributed by atoms with Crippen molar-refractivity contribution in [3.8, 4) is 11.4 Å². The molecule has 1 aromatic heterocycles. The monoisotopic (exact) mass is 423 g/mol. The quantitative estimate of drug-likeness (QED) is 0.499. The van der Waals surface area contributed by atoms with Crippen LogP contribution in [-0.4, -0.2) is 62.9 Å². The van der Waals surface area contributed by atoms with Gasteiger partial charge in [0.25, 0.3) is 0 Å². The molecule has 0 saturated heterocycles. The summed E-state index contributed by atoms with van der Waals surface area (Å²) in [7, 11) is 8.08. The highest BCUT2D eigenvalue weighted by Crippen LogP contribution is 2.33. The minimum Gasteiger partial charge on any atom is -0.489 e. The number of hydrogen-bond acceptors (Lipinski definition) is 5. The lowest BCUT2D eigenvalue weighted by Gasteiger charge is -2.19. The van der Waals surface area contributed by atoms with Crippen LogP contribution in [0.4, 0.5) is 5.69 Å². The predicted octanol–water partition coefficient (Wildman–Crippen LogP) is 4.51. The molecule has 1 unspecified atom stereocenters. The average Bonchev–Trinajstić information content (AvgIpc) is 2.98. The van der Waals surface area contributed by atoms with E-state index in [-0.39, 0.29) is 12.1 Å². The van der Waals surface area contributed by atoms with E-state index in [1.165, 1.54) is 0 Å². The third kappa shape index (κ3) is 4.85. The molecule has 1 atom stereocenters. The van der Waals surface area contributed by atoms with Crippen LogP contribution in [0, 0.1) is 6.92 Å². The molecule has 166 valence electrons. The fourth-order valence-electron chi connectivity index (χ4n) is 3.95. The van der Waals surface area contributed by atoms with Crippen molar-refractivity contribution < 1.29 is 14.3 Å². The number of carbonyl (C=O) groups is 1. The van der Waals surface area contributed by atoms with Crippen LogP contribution in [0.25, 0.3) is 16.6 Å². The zero-order chi connectivity index (χ0) is 22.7. The van der Waals surface area contributed by atoms with Crippen molar-refractivity contribution in [3.63, 3.8) is 0 Å². The van der Waals surface area contributed by atoms with E-state index in [1.54, 1.807) is 0 Å². The van der Waals surface area contributed by atoms with E-state index in [0.29, 0.717) is 12.2 Å². The number of rotatable bonds is 8. The summed E-state index contributed by atoms with van der Waals surface area (Å²) in [5.41, 5.74) is 4.50. The first-order valence-electron chi connectivity index (χ1n) is 10.6. The first-order chi connectivity index (χ1) is 14.7. The van der Waals surface area contributed by atoms with E-state index in [4.69, 9.17) is 9.47 Å². The molecule has 0 amide bonds. The van der Waals surface area contributed by atoms with Gasteiger partial charge in [-0.3, -0.25) is 0 Å². The first-order valence-corrected chi connectivity index (χ1v) is 10.6. The van der Waals surface area contributed by atoms with Crippen molar-refractivity contribution >= 4 is 22.6 Å². The molecule has 0 fully saturated rings. The Balaban J connectivity index is 2.12. The molecule has 0 aliphatic heterocycles. The molecule has 6 heteroatoms. The lowest BCUT2D eigenvalue weighted by Crippen LogP contribution is -2.27. The first kappa shape index (κ1) is 22.7. The molecule has 6 nitrogen and oxygen atoms in total. The molecule has 0 aliphatic carbocycles. The highest BCUT2D eigenvalue weighted by Gasteiger charge is 2.23. The molecular formula is C25H33N3O3. The van der Waals surface area contributed by atoms with E-state index in [0.717, 1.165) is 40.3 Å². The predicted molar refractivity (Wildman–Crippen MR) is 127 cm³/mol. The zero-order valence-electron chi connectivity index (χ0n) is 19.6. The fraction of sp³-hybridized carbons (Fsp3) is 0.400. The highest BCUT2D eigenvalue weighted by molar-refractivity contribution is 6.07. The molecule has 2 aromatic carbocycles. The normalized spacial score (nSPS) is 12.3. The topological polar surface area (TPSA) is 46.9 Å². The molecule has 31 heavy (non-hydrogen) atoms. The van der Waals surface area contributed by atoms with Gasteiger partial charge in [-0.25, -0.2) is 4.79 Å². The molecular weight excluding hydrogens is 390 g/mol. The summed E-state index contributed by atoms with van der Waals surface area (Å²) in [4.78, 5) is 17.0. The van der Waals surface area contributed by atoms with Crippen LogP contribution >= 0.6 is 0 Å². The number of hydrogen-bond donors (Lipinski definition) is 0. The second-order valence-electron chi connectivity index (χ2n) is 8.30. The Hall–Kier alpha value is -2.99. The van der Waals surface area contributed by atoms with Gasteiger partial charge in [0.15, 0.2) is 0 Å². The van der Waals surface area contributed by atoms with Gasteiger partial charge in [0, 0.05) is 43.1 Å². The largest absolute Gasteiger partial charge is 0.489 e. The summed E-state index contributed by atoms with van der Waals surface area (Å²) in [5.74, 6) is 0.430. The van der Waals surface area contributed by atoms with Gasteiger partial charge >= 0.3 is 5.97 Å². The lowest BCUT2D eigenvalue weighted by atomic mass is 10.1. The molecule has 0 bridgehead atoms. The van der Waals surface area contributed by atoms with Gasteiger partial charge in [-0.1, -0.05) is 0 Å². The smallest absolute Gasteiger partial charge is 0.340 e. The number of likely N-dealkylation sites (N-methyl/N-ethyl adjacent to an activating group) is 1. The zero-order valence-corrected chi connectivity index (χ0v) is 19.6. The van der Waals surface area contributed by atoms with Crippen LogP contribution in [0.3, 0.4) is 0 Å². The van der Waals surface area contributed by atoms with E-state index in [1.807, 2.05) is 67.2 Å². The minimum absolute atomic E-state index is 0.0280. The van der Waals surface area contributed by atoms with Crippen LogP contribution < -0.4 is 9.64 Å². The number of nitrogens with zero attached hydrogens (tertiary/aromatic N) is 3. The average molecular weight is 424 g/mol. The van der Waals surface area contributed by atoms with Crippen molar-refractivity contribution in [2.75, 3.05) is 46.2 Å². The van der Waals surface area contributed by atoms with E-state index in [9.17, 15) is 4.79 Å². The van der Waals surface area contributed by atoms with Crippen molar-refractivity contribution in [1.82, 2.24) is 9.47 Å². The molecule has 0 aliphatic rings. The Morgan fingerprint density at radius 2 is 1.74 bits per heavy atom. The van der Waals surface area contributed by atoms with Crippen molar-refractivity contribution in [2.45, 2.75) is 26.9 Å². The maximum absolute atomic E-state index is 12.9. The third-order valence-corrected chi connectivity index (χ3v) is 5.24. The van der Waals surface area contributed by atoms with Crippen molar-refractivity contribution in [3.05, 3.63) is 53.7 Å². The Morgan fingerprint density at radius 3 is 2.32 bits per heavy atom. The van der Waals surface area contributed by atoms with Gasteiger partial charge < -0.3 is 23.8 Å². The Labute approximate surface area is 185 Å². The number of esters is 1. The number of anilines is 1. The van der Waals surface area contributed by atoms with Crippen molar-refractivity contribution in [1.29, 1.82) is 0 Å². The van der Waals surface area contributed by atoms with Crippen LogP contribution in [0.15, 0.2) is 42.5 Å². The molecule has 0 saturated carbocycles. The summed E-state index contributed by atoms with van der Waals surface area (Å²) < 4.78 is 13.6. The van der Waals surface area contributed by atoms with Gasteiger partial charge in [0.1, 0.15) is 11.9 Å². The molecule has 0 radical (unpaired) electrons. The maximum atomic E-state index is 12.9. The van der Waals surface area contributed by atoms with E-state index in [2.05, 4.69) is 38.6 Å². The van der Waals surface area contributed by atoms with Crippen LogP contribution in [0.5, 0.6) is 5.75 Å².